The third-order valence-corrected chi connectivity index (χ3v) is 5.48. The van der Waals surface area contributed by atoms with Crippen LogP contribution in [0.3, 0.4) is 0 Å². The molecule has 0 saturated carbocycles. The normalized spacial score (nSPS) is 15.9. The second-order valence-electron chi connectivity index (χ2n) is 7.84. The molecule has 2 aromatic carbocycles. The summed E-state index contributed by atoms with van der Waals surface area (Å²) in [5.41, 5.74) is 4.30. The molecule has 0 N–H and O–H groups in total. The highest BCUT2D eigenvalue weighted by molar-refractivity contribution is 5.98. The molecule has 3 aromatic rings. The lowest BCUT2D eigenvalue weighted by atomic mass is 10.0. The summed E-state index contributed by atoms with van der Waals surface area (Å²) in [7, 11) is 1.64. The van der Waals surface area contributed by atoms with Gasteiger partial charge in [-0.3, -0.25) is 4.79 Å². The van der Waals surface area contributed by atoms with Crippen LogP contribution in [0.4, 0.5) is 4.39 Å². The van der Waals surface area contributed by atoms with Crippen molar-refractivity contribution in [2.45, 2.75) is 32.7 Å². The number of nitrogens with zero attached hydrogens (tertiary/aromatic N) is 3. The van der Waals surface area contributed by atoms with Gasteiger partial charge in [0.2, 0.25) is 5.91 Å². The third kappa shape index (κ3) is 4.85. The van der Waals surface area contributed by atoms with Gasteiger partial charge in [-0.2, -0.15) is 0 Å². The predicted molar refractivity (Wildman–Crippen MR) is 118 cm³/mol. The molecule has 1 aromatic heterocycles. The summed E-state index contributed by atoms with van der Waals surface area (Å²) >= 11 is 0. The molecule has 6 heteroatoms. The van der Waals surface area contributed by atoms with Gasteiger partial charge in [-0.1, -0.05) is 18.2 Å². The quantitative estimate of drug-likeness (QED) is 0.551. The Bertz CT molecular complexity index is 1120. The monoisotopic (exact) mass is 419 g/mol. The molecule has 0 unspecified atom stereocenters. The van der Waals surface area contributed by atoms with Crippen molar-refractivity contribution in [1.29, 1.82) is 0 Å². The van der Waals surface area contributed by atoms with Crippen molar-refractivity contribution in [3.8, 4) is 11.4 Å². The van der Waals surface area contributed by atoms with Gasteiger partial charge in [0.25, 0.3) is 0 Å². The summed E-state index contributed by atoms with van der Waals surface area (Å²) in [5, 5.41) is 0. The number of carbonyl (C=O) groups is 1. The van der Waals surface area contributed by atoms with Crippen LogP contribution in [0, 0.1) is 12.7 Å². The highest BCUT2D eigenvalue weighted by atomic mass is 19.1. The average Bonchev–Trinajstić information content (AvgIpc) is 3.13. The van der Waals surface area contributed by atoms with Crippen LogP contribution < -0.4 is 4.74 Å². The van der Waals surface area contributed by atoms with Crippen molar-refractivity contribution in [2.24, 2.45) is 0 Å². The van der Waals surface area contributed by atoms with E-state index in [4.69, 9.17) is 4.74 Å². The first-order valence-corrected chi connectivity index (χ1v) is 10.5. The number of likely N-dealkylation sites (tertiary alicyclic amines) is 1. The summed E-state index contributed by atoms with van der Waals surface area (Å²) in [4.78, 5) is 19.3. The second-order valence-corrected chi connectivity index (χ2v) is 7.84. The van der Waals surface area contributed by atoms with Crippen molar-refractivity contribution in [3.63, 3.8) is 0 Å². The second kappa shape index (κ2) is 9.16. The molecule has 5 nitrogen and oxygen atoms in total. The molecule has 0 aliphatic carbocycles. The van der Waals surface area contributed by atoms with E-state index in [0.717, 1.165) is 47.3 Å². The van der Waals surface area contributed by atoms with Crippen molar-refractivity contribution in [1.82, 2.24) is 14.5 Å². The van der Waals surface area contributed by atoms with Gasteiger partial charge in [-0.25, -0.2) is 9.37 Å². The van der Waals surface area contributed by atoms with Gasteiger partial charge in [0, 0.05) is 24.9 Å². The van der Waals surface area contributed by atoms with Crippen LogP contribution in [0.1, 0.15) is 36.1 Å². The van der Waals surface area contributed by atoms with Crippen LogP contribution in [0.25, 0.3) is 11.8 Å². The number of benzene rings is 2. The average molecular weight is 420 g/mol. The summed E-state index contributed by atoms with van der Waals surface area (Å²) in [6.45, 7) is 3.03. The maximum Gasteiger partial charge on any atom is 0.250 e. The van der Waals surface area contributed by atoms with Crippen LogP contribution in [-0.2, 0) is 11.3 Å². The SMILES string of the molecule is COc1cc(C=C2CCCCN(Cc3cccc(F)c3)C2=O)ccc1-n1cnc(C)c1. The Labute approximate surface area is 181 Å². The van der Waals surface area contributed by atoms with Gasteiger partial charge in [-0.15, -0.1) is 0 Å². The largest absolute Gasteiger partial charge is 0.495 e. The molecule has 4 rings (SSSR count). The fourth-order valence-electron chi connectivity index (χ4n) is 3.92. The van der Waals surface area contributed by atoms with Crippen LogP contribution in [0.5, 0.6) is 5.75 Å². The standard InChI is InChI=1S/C25H26FN3O2/c1-18-15-29(17-27-18)23-10-9-19(14-24(23)31-2)12-21-7-3-4-11-28(25(21)30)16-20-6-5-8-22(26)13-20/h5-6,8-10,12-15,17H,3-4,7,11,16H2,1-2H3. The topological polar surface area (TPSA) is 47.4 Å². The van der Waals surface area contributed by atoms with E-state index in [0.29, 0.717) is 18.8 Å². The molecule has 2 heterocycles. The van der Waals surface area contributed by atoms with E-state index >= 15 is 0 Å². The molecule has 1 amide bonds. The van der Waals surface area contributed by atoms with Crippen LogP contribution >= 0.6 is 0 Å². The number of aryl methyl sites for hydroxylation is 1. The Balaban J connectivity index is 1.59. The number of rotatable bonds is 5. The van der Waals surface area contributed by atoms with Gasteiger partial charge in [-0.05, 0) is 67.7 Å². The number of halogens is 1. The van der Waals surface area contributed by atoms with Crippen molar-refractivity contribution in [3.05, 3.63) is 83.2 Å². The maximum absolute atomic E-state index is 13.6. The summed E-state index contributed by atoms with van der Waals surface area (Å²) in [5.74, 6) is 0.440. The van der Waals surface area contributed by atoms with E-state index in [1.54, 1.807) is 19.5 Å². The minimum absolute atomic E-state index is 0.00930. The highest BCUT2D eigenvalue weighted by Gasteiger charge is 2.22. The van der Waals surface area contributed by atoms with Crippen molar-refractivity contribution in [2.75, 3.05) is 13.7 Å². The van der Waals surface area contributed by atoms with E-state index < -0.39 is 0 Å². The van der Waals surface area contributed by atoms with E-state index in [-0.39, 0.29) is 11.7 Å². The molecule has 0 bridgehead atoms. The Hall–Kier alpha value is -3.41. The maximum atomic E-state index is 13.6. The summed E-state index contributed by atoms with van der Waals surface area (Å²) in [6.07, 6.45) is 8.24. The number of ether oxygens (including phenoxy) is 1. The summed E-state index contributed by atoms with van der Waals surface area (Å²) in [6, 6.07) is 12.3. The fourth-order valence-corrected chi connectivity index (χ4v) is 3.92. The van der Waals surface area contributed by atoms with E-state index in [9.17, 15) is 9.18 Å². The van der Waals surface area contributed by atoms with Gasteiger partial charge in [0.05, 0.1) is 24.8 Å². The van der Waals surface area contributed by atoms with Crippen LogP contribution in [-0.4, -0.2) is 34.0 Å². The third-order valence-electron chi connectivity index (χ3n) is 5.48. The smallest absolute Gasteiger partial charge is 0.250 e. The van der Waals surface area contributed by atoms with Gasteiger partial charge in [0.15, 0.2) is 0 Å². The molecule has 31 heavy (non-hydrogen) atoms. The fraction of sp³-hybridized carbons (Fsp3) is 0.280. The molecular weight excluding hydrogens is 393 g/mol. The van der Waals surface area contributed by atoms with Gasteiger partial charge >= 0.3 is 0 Å². The Kier molecular flexibility index (Phi) is 6.16. The number of carbonyl (C=O) groups excluding carboxylic acids is 1. The summed E-state index contributed by atoms with van der Waals surface area (Å²) < 4.78 is 21.1. The Morgan fingerprint density at radius 3 is 2.81 bits per heavy atom. The molecular formula is C25H26FN3O2. The van der Waals surface area contributed by atoms with Gasteiger partial charge < -0.3 is 14.2 Å². The lowest BCUT2D eigenvalue weighted by Gasteiger charge is -2.21. The first kappa shape index (κ1) is 20.8. The van der Waals surface area contributed by atoms with E-state index in [2.05, 4.69) is 4.98 Å². The zero-order valence-electron chi connectivity index (χ0n) is 17.8. The Morgan fingerprint density at radius 2 is 2.06 bits per heavy atom. The number of aromatic nitrogens is 2. The van der Waals surface area contributed by atoms with Crippen LogP contribution in [0.15, 0.2) is 60.6 Å². The molecule has 0 spiro atoms. The van der Waals surface area contributed by atoms with Gasteiger partial charge in [0.1, 0.15) is 11.6 Å². The first-order valence-electron chi connectivity index (χ1n) is 10.5. The number of methoxy groups -OCH3 is 1. The minimum Gasteiger partial charge on any atom is -0.495 e. The number of amides is 1. The lowest BCUT2D eigenvalue weighted by molar-refractivity contribution is -0.127. The molecule has 1 aliphatic heterocycles. The van der Waals surface area contributed by atoms with Crippen LogP contribution in [0.2, 0.25) is 0 Å². The highest BCUT2D eigenvalue weighted by Crippen LogP contribution is 2.27. The minimum atomic E-state index is -0.282. The number of hydrogen-bond acceptors (Lipinski definition) is 3. The molecule has 1 fully saturated rings. The first-order chi connectivity index (χ1) is 15.0. The molecule has 0 radical (unpaired) electrons. The lowest BCUT2D eigenvalue weighted by Crippen LogP contribution is -2.30. The zero-order valence-corrected chi connectivity index (χ0v) is 17.8. The molecule has 0 atom stereocenters. The van der Waals surface area contributed by atoms with Crippen molar-refractivity contribution >= 4 is 12.0 Å². The van der Waals surface area contributed by atoms with E-state index in [1.807, 2.05) is 52.9 Å². The zero-order chi connectivity index (χ0) is 21.8. The Morgan fingerprint density at radius 1 is 1.19 bits per heavy atom. The predicted octanol–water partition coefficient (Wildman–Crippen LogP) is 4.92. The molecule has 160 valence electrons. The number of imidazole rings is 1. The number of hydrogen-bond donors (Lipinski definition) is 0. The van der Waals surface area contributed by atoms with E-state index in [1.165, 1.54) is 12.1 Å². The molecule has 1 saturated heterocycles. The van der Waals surface area contributed by atoms with Crippen molar-refractivity contribution < 1.29 is 13.9 Å². The molecule has 1 aliphatic rings.